The van der Waals surface area contributed by atoms with Crippen LogP contribution in [0, 0.1) is 5.41 Å². The average molecular weight is 280 g/mol. The third kappa shape index (κ3) is 1.80. The number of fused-ring (bicyclic) bond motifs is 1. The van der Waals surface area contributed by atoms with Gasteiger partial charge in [0, 0.05) is 18.9 Å². The lowest BCUT2D eigenvalue weighted by Gasteiger charge is -2.47. The van der Waals surface area contributed by atoms with Gasteiger partial charge in [0.1, 0.15) is 11.4 Å². The van der Waals surface area contributed by atoms with Gasteiger partial charge in [-0.05, 0) is 26.3 Å². The summed E-state index contributed by atoms with van der Waals surface area (Å²) in [4.78, 5) is 20.7. The number of unbranched alkanes of at least 4 members (excludes halogenated alkanes) is 1. The van der Waals surface area contributed by atoms with E-state index in [4.69, 9.17) is 4.84 Å². The zero-order chi connectivity index (χ0) is 15.3. The van der Waals surface area contributed by atoms with Gasteiger partial charge in [0.2, 0.25) is 0 Å². The van der Waals surface area contributed by atoms with E-state index in [1.54, 1.807) is 0 Å². The highest BCUT2D eigenvalue weighted by atomic mass is 16.7. The Hall–Kier alpha value is -1.03. The predicted octanol–water partition coefficient (Wildman–Crippen LogP) is 3.30. The van der Waals surface area contributed by atoms with Crippen molar-refractivity contribution in [3.8, 4) is 0 Å². The highest BCUT2D eigenvalue weighted by Crippen LogP contribution is 2.51. The van der Waals surface area contributed by atoms with Gasteiger partial charge in [-0.2, -0.15) is 0 Å². The fourth-order valence-corrected chi connectivity index (χ4v) is 3.25. The van der Waals surface area contributed by atoms with Crippen LogP contribution >= 0.6 is 0 Å². The molecule has 0 aromatic carbocycles. The molecule has 2 aliphatic rings. The number of carbonyl (C=O) groups is 1. The Labute approximate surface area is 122 Å². The largest absolute Gasteiger partial charge is 0.407 e. The second-order valence-corrected chi connectivity index (χ2v) is 7.38. The standard InChI is InChI=1S/C16H28N2O2/c1-8-9-10-12-11-15(5)13(19)17(7)16(6,14(2,3)4)18(15)20-12/h11H,8-10H2,1-7H3/t15-,16-/m1/s1. The van der Waals surface area contributed by atoms with E-state index in [-0.39, 0.29) is 11.3 Å². The molecule has 0 aromatic rings. The van der Waals surface area contributed by atoms with Crippen LogP contribution in [-0.2, 0) is 9.63 Å². The molecule has 2 rings (SSSR count). The van der Waals surface area contributed by atoms with Gasteiger partial charge in [-0.3, -0.25) is 4.79 Å². The minimum absolute atomic E-state index is 0.108. The summed E-state index contributed by atoms with van der Waals surface area (Å²) in [5.74, 6) is 1.05. The molecule has 4 heteroatoms. The van der Waals surface area contributed by atoms with E-state index in [1.165, 1.54) is 0 Å². The fraction of sp³-hybridized carbons (Fsp3) is 0.812. The van der Waals surface area contributed by atoms with E-state index < -0.39 is 11.2 Å². The molecule has 0 spiro atoms. The number of hydrogen-bond donors (Lipinski definition) is 0. The molecule has 1 amide bonds. The van der Waals surface area contributed by atoms with Crippen LogP contribution in [0.4, 0.5) is 0 Å². The van der Waals surface area contributed by atoms with Crippen LogP contribution in [0.5, 0.6) is 0 Å². The molecule has 4 nitrogen and oxygen atoms in total. The number of nitrogens with zero attached hydrogens (tertiary/aromatic N) is 2. The Morgan fingerprint density at radius 1 is 1.30 bits per heavy atom. The highest BCUT2D eigenvalue weighted by molar-refractivity contribution is 5.91. The number of likely N-dealkylation sites (N-methyl/N-ethyl adjacent to an activating group) is 1. The Kier molecular flexibility index (Phi) is 3.44. The van der Waals surface area contributed by atoms with E-state index in [9.17, 15) is 4.79 Å². The van der Waals surface area contributed by atoms with Crippen LogP contribution in [0.15, 0.2) is 11.8 Å². The third-order valence-corrected chi connectivity index (χ3v) is 5.06. The van der Waals surface area contributed by atoms with Gasteiger partial charge in [0.15, 0.2) is 5.54 Å². The van der Waals surface area contributed by atoms with Gasteiger partial charge >= 0.3 is 0 Å². The Morgan fingerprint density at radius 2 is 1.90 bits per heavy atom. The first-order valence-corrected chi connectivity index (χ1v) is 7.57. The fourth-order valence-electron chi connectivity index (χ4n) is 3.25. The van der Waals surface area contributed by atoms with Crippen LogP contribution in [0.1, 0.15) is 60.8 Å². The number of hydroxylamine groups is 2. The van der Waals surface area contributed by atoms with Crippen molar-refractivity contribution in [2.45, 2.75) is 72.0 Å². The monoisotopic (exact) mass is 280 g/mol. The number of hydrogen-bond acceptors (Lipinski definition) is 3. The van der Waals surface area contributed by atoms with Crippen molar-refractivity contribution >= 4 is 5.91 Å². The summed E-state index contributed by atoms with van der Waals surface area (Å²) >= 11 is 0. The predicted molar refractivity (Wildman–Crippen MR) is 79.6 cm³/mol. The first kappa shape index (κ1) is 15.4. The Morgan fingerprint density at radius 3 is 2.40 bits per heavy atom. The maximum absolute atomic E-state index is 12.7. The molecule has 0 aromatic heterocycles. The summed E-state index contributed by atoms with van der Waals surface area (Å²) in [7, 11) is 1.88. The lowest BCUT2D eigenvalue weighted by atomic mass is 9.81. The minimum Gasteiger partial charge on any atom is -0.407 e. The van der Waals surface area contributed by atoms with E-state index in [0.29, 0.717) is 0 Å². The topological polar surface area (TPSA) is 32.8 Å². The van der Waals surface area contributed by atoms with Crippen molar-refractivity contribution in [3.05, 3.63) is 11.8 Å². The Balaban J connectivity index is 2.39. The first-order valence-electron chi connectivity index (χ1n) is 7.57. The summed E-state index contributed by atoms with van der Waals surface area (Å²) < 4.78 is 0. The molecule has 0 aliphatic carbocycles. The molecule has 0 bridgehead atoms. The molecule has 2 heterocycles. The molecule has 1 saturated heterocycles. The molecule has 2 atom stereocenters. The van der Waals surface area contributed by atoms with Crippen molar-refractivity contribution in [1.29, 1.82) is 0 Å². The van der Waals surface area contributed by atoms with Crippen LogP contribution < -0.4 is 0 Å². The van der Waals surface area contributed by atoms with E-state index in [2.05, 4.69) is 34.6 Å². The zero-order valence-electron chi connectivity index (χ0n) is 13.9. The summed E-state index contributed by atoms with van der Waals surface area (Å²) in [6.45, 7) is 12.7. The zero-order valence-corrected chi connectivity index (χ0v) is 13.9. The molecular formula is C16H28N2O2. The highest BCUT2D eigenvalue weighted by Gasteiger charge is 2.67. The van der Waals surface area contributed by atoms with Crippen LogP contribution in [0.3, 0.4) is 0 Å². The molecule has 2 aliphatic heterocycles. The average Bonchev–Trinajstić information content (AvgIpc) is 2.76. The van der Waals surface area contributed by atoms with Gasteiger partial charge in [-0.15, -0.1) is 0 Å². The molecule has 0 unspecified atom stereocenters. The van der Waals surface area contributed by atoms with Crippen molar-refractivity contribution in [3.63, 3.8) is 0 Å². The number of amides is 1. The maximum Gasteiger partial charge on any atom is 0.251 e. The second-order valence-electron chi connectivity index (χ2n) is 7.38. The SMILES string of the molecule is CCCCC1=C[C@]2(C)C(=O)N(C)[C@@](C)(C(C)(C)C)N2O1. The Bertz CT molecular complexity index is 452. The summed E-state index contributed by atoms with van der Waals surface area (Å²) in [5, 5.41) is 1.91. The van der Waals surface area contributed by atoms with E-state index in [0.717, 1.165) is 25.0 Å². The van der Waals surface area contributed by atoms with Crippen LogP contribution in [-0.4, -0.2) is 34.1 Å². The summed E-state index contributed by atoms with van der Waals surface area (Å²) in [5.41, 5.74) is -1.23. The number of carbonyl (C=O) groups excluding carboxylic acids is 1. The van der Waals surface area contributed by atoms with Gasteiger partial charge in [-0.25, -0.2) is 0 Å². The maximum atomic E-state index is 12.7. The normalized spacial score (nSPS) is 34.2. The molecular weight excluding hydrogens is 252 g/mol. The number of rotatable bonds is 3. The minimum atomic E-state index is -0.667. The van der Waals surface area contributed by atoms with E-state index in [1.807, 2.05) is 30.0 Å². The second kappa shape index (κ2) is 4.48. The molecule has 114 valence electrons. The van der Waals surface area contributed by atoms with Gasteiger partial charge in [-0.1, -0.05) is 39.2 Å². The number of allylic oxidation sites excluding steroid dienone is 1. The van der Waals surface area contributed by atoms with Crippen LogP contribution in [0.2, 0.25) is 0 Å². The molecule has 20 heavy (non-hydrogen) atoms. The van der Waals surface area contributed by atoms with Gasteiger partial charge < -0.3 is 9.74 Å². The van der Waals surface area contributed by atoms with Gasteiger partial charge in [0.25, 0.3) is 5.91 Å². The summed E-state index contributed by atoms with van der Waals surface area (Å²) in [6.07, 6.45) is 5.13. The lowest BCUT2D eigenvalue weighted by Crippen LogP contribution is -2.59. The van der Waals surface area contributed by atoms with E-state index >= 15 is 0 Å². The van der Waals surface area contributed by atoms with Crippen molar-refractivity contribution in [1.82, 2.24) is 9.96 Å². The lowest BCUT2D eigenvalue weighted by molar-refractivity contribution is -0.240. The molecule has 1 fully saturated rings. The molecule has 0 saturated carbocycles. The first-order chi connectivity index (χ1) is 9.09. The van der Waals surface area contributed by atoms with Crippen molar-refractivity contribution in [2.75, 3.05) is 7.05 Å². The third-order valence-electron chi connectivity index (χ3n) is 5.06. The molecule has 0 radical (unpaired) electrons. The smallest absolute Gasteiger partial charge is 0.251 e. The molecule has 0 N–H and O–H groups in total. The van der Waals surface area contributed by atoms with Crippen LogP contribution in [0.25, 0.3) is 0 Å². The quantitative estimate of drug-likeness (QED) is 0.795. The van der Waals surface area contributed by atoms with Crippen molar-refractivity contribution < 1.29 is 9.63 Å². The van der Waals surface area contributed by atoms with Gasteiger partial charge in [0.05, 0.1) is 0 Å². The van der Waals surface area contributed by atoms with Crippen molar-refractivity contribution in [2.24, 2.45) is 5.41 Å². The summed E-state index contributed by atoms with van der Waals surface area (Å²) in [6, 6.07) is 0.